The van der Waals surface area contributed by atoms with Crippen LogP contribution in [0.15, 0.2) is 24.3 Å². The second-order valence-corrected chi connectivity index (χ2v) is 10.8. The second-order valence-electron chi connectivity index (χ2n) is 10.3. The summed E-state index contributed by atoms with van der Waals surface area (Å²) in [7, 11) is 0. The third kappa shape index (κ3) is 4.80. The molecule has 0 spiro atoms. The number of aliphatic hydroxyl groups is 2. The zero-order valence-corrected chi connectivity index (χ0v) is 21.1. The van der Waals surface area contributed by atoms with Gasteiger partial charge in [-0.2, -0.15) is 4.98 Å². The van der Waals surface area contributed by atoms with Crippen LogP contribution in [0.3, 0.4) is 0 Å². The fourth-order valence-corrected chi connectivity index (χ4v) is 5.39. The molecule has 3 aromatic rings. The highest BCUT2D eigenvalue weighted by molar-refractivity contribution is 6.33. The molecule has 0 radical (unpaired) electrons. The molecule has 9 nitrogen and oxygen atoms in total. The van der Waals surface area contributed by atoms with Gasteiger partial charge in [0.05, 0.1) is 35.4 Å². The third-order valence-electron chi connectivity index (χ3n) is 6.93. The minimum atomic E-state index is -0.974. The molecule has 3 aliphatic rings. The Morgan fingerprint density at radius 2 is 2.03 bits per heavy atom. The van der Waals surface area contributed by atoms with Gasteiger partial charge in [0.25, 0.3) is 6.01 Å². The minimum absolute atomic E-state index is 0.214. The van der Waals surface area contributed by atoms with Gasteiger partial charge in [0.2, 0.25) is 0 Å². The molecule has 1 aromatic carbocycles. The van der Waals surface area contributed by atoms with Gasteiger partial charge in [-0.05, 0) is 49.9 Å². The van der Waals surface area contributed by atoms with Gasteiger partial charge in [-0.15, -0.1) is 0 Å². The lowest BCUT2D eigenvalue weighted by Gasteiger charge is -2.17. The summed E-state index contributed by atoms with van der Waals surface area (Å²) in [6.45, 7) is 3.84. The Balaban J connectivity index is 1.20. The Labute approximate surface area is 217 Å². The van der Waals surface area contributed by atoms with Crippen molar-refractivity contribution in [3.8, 4) is 6.01 Å². The summed E-state index contributed by atoms with van der Waals surface area (Å²) in [5.74, 6) is 0.0915. The number of aromatic amines is 1. The molecular weight excluding hydrogens is 503 g/mol. The normalized spacial score (nSPS) is 27.2. The van der Waals surface area contributed by atoms with Crippen LogP contribution in [0.1, 0.15) is 43.0 Å². The predicted octanol–water partition coefficient (Wildman–Crippen LogP) is 3.54. The van der Waals surface area contributed by atoms with Crippen LogP contribution < -0.4 is 10.1 Å². The Morgan fingerprint density at radius 1 is 1.22 bits per heavy atom. The van der Waals surface area contributed by atoms with E-state index in [1.807, 2.05) is 6.07 Å². The van der Waals surface area contributed by atoms with E-state index < -0.39 is 23.9 Å². The first-order valence-corrected chi connectivity index (χ1v) is 12.7. The quantitative estimate of drug-likeness (QED) is 0.382. The maximum absolute atomic E-state index is 15.1. The summed E-state index contributed by atoms with van der Waals surface area (Å²) in [6.07, 6.45) is 2.93. The zero-order valence-electron chi connectivity index (χ0n) is 20.4. The largest absolute Gasteiger partial charge is 0.456 e. The molecule has 2 fully saturated rings. The number of aromatic nitrogens is 3. The van der Waals surface area contributed by atoms with Crippen LogP contribution >= 0.6 is 11.6 Å². The molecule has 2 aromatic heterocycles. The first-order chi connectivity index (χ1) is 17.6. The van der Waals surface area contributed by atoms with Crippen molar-refractivity contribution in [2.24, 2.45) is 0 Å². The highest BCUT2D eigenvalue weighted by atomic mass is 35.5. The number of nitrogens with zero attached hydrogens (tertiary/aromatic N) is 2. The number of aryl methyl sites for hydroxylation is 1. The number of nitrogens with one attached hydrogen (secondary N) is 2. The summed E-state index contributed by atoms with van der Waals surface area (Å²) >= 11 is 6.52. The predicted molar refractivity (Wildman–Crippen MR) is 135 cm³/mol. The molecule has 6 rings (SSSR count). The second kappa shape index (κ2) is 9.21. The molecule has 1 unspecified atom stereocenters. The smallest absolute Gasteiger partial charge is 0.296 e. The summed E-state index contributed by atoms with van der Waals surface area (Å²) < 4.78 is 32.3. The number of aliphatic hydroxyl groups excluding tert-OH is 1. The van der Waals surface area contributed by atoms with E-state index >= 15 is 4.39 Å². The zero-order chi connectivity index (χ0) is 25.9. The molecule has 196 valence electrons. The highest BCUT2D eigenvalue weighted by Gasteiger charge is 2.48. The maximum Gasteiger partial charge on any atom is 0.296 e. The summed E-state index contributed by atoms with van der Waals surface area (Å²) in [4.78, 5) is 12.1. The topological polar surface area (TPSA) is 122 Å². The fraction of sp³-hybridized carbons (Fsp3) is 0.462. The van der Waals surface area contributed by atoms with Crippen LogP contribution in [0.4, 0.5) is 10.2 Å². The molecule has 0 amide bonds. The van der Waals surface area contributed by atoms with E-state index in [1.54, 1.807) is 32.1 Å². The van der Waals surface area contributed by atoms with E-state index in [9.17, 15) is 10.2 Å². The van der Waals surface area contributed by atoms with E-state index in [0.29, 0.717) is 46.0 Å². The summed E-state index contributed by atoms with van der Waals surface area (Å²) in [6, 6.07) is 5.08. The number of hydrogen-bond acceptors (Lipinski definition) is 8. The number of rotatable bonds is 6. The molecule has 37 heavy (non-hydrogen) atoms. The van der Waals surface area contributed by atoms with E-state index in [1.165, 1.54) is 6.07 Å². The third-order valence-corrected chi connectivity index (χ3v) is 7.22. The van der Waals surface area contributed by atoms with Crippen LogP contribution in [-0.2, 0) is 15.9 Å². The number of anilines is 1. The number of H-pyrrole nitrogens is 1. The first-order valence-electron chi connectivity index (χ1n) is 12.3. The van der Waals surface area contributed by atoms with E-state index in [0.717, 1.165) is 5.56 Å². The number of ether oxygens (including phenoxy) is 3. The van der Waals surface area contributed by atoms with Crippen molar-refractivity contribution in [1.29, 1.82) is 0 Å². The SMILES string of the molecule is CC(C)(O)/C=C/c1cc(F)c2c(c1)CCC2Nc1nc2nc(O[C@@H]3CO[C@H]4[C@@H]3OC[C@H]4O)[nH]c2cc1Cl. The van der Waals surface area contributed by atoms with E-state index in [4.69, 9.17) is 25.8 Å². The van der Waals surface area contributed by atoms with Gasteiger partial charge in [-0.1, -0.05) is 29.8 Å². The molecular formula is C26H28ClFN4O5. The molecule has 2 saturated heterocycles. The minimum Gasteiger partial charge on any atom is -0.456 e. The maximum atomic E-state index is 15.1. The number of fused-ring (bicyclic) bond motifs is 3. The van der Waals surface area contributed by atoms with Crippen LogP contribution in [0, 0.1) is 5.82 Å². The van der Waals surface area contributed by atoms with E-state index in [2.05, 4.69) is 20.3 Å². The lowest BCUT2D eigenvalue weighted by molar-refractivity contribution is 0.00706. The first kappa shape index (κ1) is 24.6. The molecule has 0 saturated carbocycles. The molecule has 2 aliphatic heterocycles. The Morgan fingerprint density at radius 3 is 2.84 bits per heavy atom. The standard InChI is InChI=1S/C26H28ClFN4O5/c1-26(2,34)6-5-12-7-13-3-4-16(20(13)15(28)8-12)29-23-14(27)9-17-24(31-23)32-25(30-17)37-19-11-36-21-18(33)10-35-22(19)21/h5-9,16,18-19,21-22,33-34H,3-4,10-11H2,1-2H3,(H2,29,30,31,32)/b6-5+/t16?,18-,19-,21-,22-/m1/s1. The monoisotopic (exact) mass is 530 g/mol. The average molecular weight is 531 g/mol. The van der Waals surface area contributed by atoms with Crippen molar-refractivity contribution in [3.63, 3.8) is 0 Å². The van der Waals surface area contributed by atoms with Gasteiger partial charge in [-0.3, -0.25) is 0 Å². The van der Waals surface area contributed by atoms with Gasteiger partial charge < -0.3 is 34.7 Å². The Hall–Kier alpha value is -2.76. The summed E-state index contributed by atoms with van der Waals surface area (Å²) in [5.41, 5.74) is 2.23. The number of imidazole rings is 1. The fourth-order valence-electron chi connectivity index (χ4n) is 5.19. The van der Waals surface area contributed by atoms with E-state index in [-0.39, 0.29) is 37.2 Å². The van der Waals surface area contributed by atoms with Crippen molar-refractivity contribution in [2.45, 2.75) is 62.7 Å². The average Bonchev–Trinajstić information content (AvgIpc) is 3.59. The van der Waals surface area contributed by atoms with Crippen LogP contribution in [0.5, 0.6) is 6.01 Å². The van der Waals surface area contributed by atoms with Gasteiger partial charge in [0.1, 0.15) is 29.9 Å². The van der Waals surface area contributed by atoms with Gasteiger partial charge >= 0.3 is 0 Å². The Kier molecular flexibility index (Phi) is 6.12. The highest BCUT2D eigenvalue weighted by Crippen LogP contribution is 2.38. The number of benzene rings is 1. The van der Waals surface area contributed by atoms with Crippen LogP contribution in [-0.4, -0.2) is 68.4 Å². The van der Waals surface area contributed by atoms with Crippen molar-refractivity contribution in [2.75, 3.05) is 18.5 Å². The summed E-state index contributed by atoms with van der Waals surface area (Å²) in [5, 5.41) is 23.5. The molecule has 11 heteroatoms. The van der Waals surface area contributed by atoms with Crippen LogP contribution in [0.25, 0.3) is 17.2 Å². The van der Waals surface area contributed by atoms with Gasteiger partial charge in [-0.25, -0.2) is 9.37 Å². The lowest BCUT2D eigenvalue weighted by atomic mass is 10.0. The molecule has 1 aliphatic carbocycles. The number of pyridine rings is 1. The Bertz CT molecular complexity index is 1370. The van der Waals surface area contributed by atoms with Crippen molar-refractivity contribution in [1.82, 2.24) is 15.0 Å². The van der Waals surface area contributed by atoms with Gasteiger partial charge in [0.15, 0.2) is 11.8 Å². The van der Waals surface area contributed by atoms with Crippen LogP contribution in [0.2, 0.25) is 5.02 Å². The van der Waals surface area contributed by atoms with Crippen molar-refractivity contribution in [3.05, 3.63) is 51.8 Å². The number of hydrogen-bond donors (Lipinski definition) is 4. The van der Waals surface area contributed by atoms with Crippen molar-refractivity contribution >= 4 is 34.7 Å². The molecule has 5 atom stereocenters. The van der Waals surface area contributed by atoms with Gasteiger partial charge in [0, 0.05) is 5.56 Å². The van der Waals surface area contributed by atoms with Crippen molar-refractivity contribution < 1.29 is 28.8 Å². The lowest BCUT2D eigenvalue weighted by Crippen LogP contribution is -2.34. The molecule has 4 N–H and O–H groups in total. The number of halogens is 2. The molecule has 4 heterocycles. The molecule has 0 bridgehead atoms.